The lowest BCUT2D eigenvalue weighted by Gasteiger charge is -2.24. The first-order valence-corrected chi connectivity index (χ1v) is 7.24. The molecule has 1 atom stereocenters. The normalized spacial score (nSPS) is 21.3. The number of aryl methyl sites for hydroxylation is 1. The minimum absolute atomic E-state index is 0.346. The second-order valence-corrected chi connectivity index (χ2v) is 5.93. The molecule has 116 valence electrons. The fourth-order valence-corrected chi connectivity index (χ4v) is 2.81. The SMILES string of the molecule is Cc1ccc(C2(O)CCN(c3cc(=O)n(C)c(=O)[nH]3)C2)cc1. The molecule has 1 aliphatic rings. The van der Waals surface area contributed by atoms with Crippen molar-refractivity contribution in [1.82, 2.24) is 9.55 Å². The molecule has 0 amide bonds. The predicted octanol–water partition coefficient (Wildman–Crippen LogP) is 0.480. The number of β-amino-alcohol motifs (C(OH)–C–C–N with tert-alkyl or cyclic N) is 1. The van der Waals surface area contributed by atoms with Gasteiger partial charge in [0, 0.05) is 19.7 Å². The van der Waals surface area contributed by atoms with Crippen molar-refractivity contribution in [3.63, 3.8) is 0 Å². The number of nitrogens with zero attached hydrogens (tertiary/aromatic N) is 2. The van der Waals surface area contributed by atoms with Crippen LogP contribution in [0.2, 0.25) is 0 Å². The smallest absolute Gasteiger partial charge is 0.329 e. The standard InChI is InChI=1S/C16H19N3O3/c1-11-3-5-12(6-4-11)16(22)7-8-19(10-16)13-9-14(20)18(2)15(21)17-13/h3-6,9,22H,7-8,10H2,1-2H3,(H,17,21). The second-order valence-electron chi connectivity index (χ2n) is 5.93. The molecule has 1 aromatic carbocycles. The average molecular weight is 301 g/mol. The third-order valence-electron chi connectivity index (χ3n) is 4.31. The van der Waals surface area contributed by atoms with Crippen LogP contribution in [0.4, 0.5) is 5.82 Å². The lowest BCUT2D eigenvalue weighted by Crippen LogP contribution is -2.36. The lowest BCUT2D eigenvalue weighted by molar-refractivity contribution is 0.0606. The van der Waals surface area contributed by atoms with Gasteiger partial charge in [-0.25, -0.2) is 4.79 Å². The molecule has 0 saturated carbocycles. The van der Waals surface area contributed by atoms with Gasteiger partial charge in [0.2, 0.25) is 0 Å². The minimum atomic E-state index is -0.967. The van der Waals surface area contributed by atoms with Gasteiger partial charge in [-0.2, -0.15) is 0 Å². The Labute approximate surface area is 127 Å². The molecule has 0 bridgehead atoms. The van der Waals surface area contributed by atoms with Crippen LogP contribution in [-0.2, 0) is 12.6 Å². The fourth-order valence-electron chi connectivity index (χ4n) is 2.81. The molecule has 2 N–H and O–H groups in total. The molecule has 22 heavy (non-hydrogen) atoms. The Morgan fingerprint density at radius 2 is 1.91 bits per heavy atom. The molecule has 2 heterocycles. The maximum absolute atomic E-state index is 11.7. The number of nitrogens with one attached hydrogen (secondary N) is 1. The van der Waals surface area contributed by atoms with Gasteiger partial charge in [-0.05, 0) is 18.9 Å². The van der Waals surface area contributed by atoms with E-state index in [4.69, 9.17) is 0 Å². The first-order chi connectivity index (χ1) is 10.4. The van der Waals surface area contributed by atoms with E-state index in [1.807, 2.05) is 36.1 Å². The summed E-state index contributed by atoms with van der Waals surface area (Å²) in [5.41, 5.74) is 0.216. The van der Waals surface area contributed by atoms with Crippen molar-refractivity contribution in [3.05, 3.63) is 62.3 Å². The number of rotatable bonds is 2. The molecule has 0 radical (unpaired) electrons. The van der Waals surface area contributed by atoms with Crippen LogP contribution in [0, 0.1) is 6.92 Å². The van der Waals surface area contributed by atoms with Crippen LogP contribution in [0.3, 0.4) is 0 Å². The van der Waals surface area contributed by atoms with Crippen molar-refractivity contribution in [1.29, 1.82) is 0 Å². The molecule has 6 heteroatoms. The highest BCUT2D eigenvalue weighted by molar-refractivity contribution is 5.41. The van der Waals surface area contributed by atoms with Gasteiger partial charge < -0.3 is 10.0 Å². The van der Waals surface area contributed by atoms with Gasteiger partial charge in [-0.15, -0.1) is 0 Å². The van der Waals surface area contributed by atoms with Gasteiger partial charge >= 0.3 is 5.69 Å². The van der Waals surface area contributed by atoms with Gasteiger partial charge in [0.1, 0.15) is 11.4 Å². The molecular weight excluding hydrogens is 282 g/mol. The van der Waals surface area contributed by atoms with Crippen LogP contribution in [-0.4, -0.2) is 27.7 Å². The highest BCUT2D eigenvalue weighted by Gasteiger charge is 2.38. The molecule has 1 aromatic heterocycles. The number of aliphatic hydroxyl groups is 1. The third kappa shape index (κ3) is 2.46. The Morgan fingerprint density at radius 1 is 1.23 bits per heavy atom. The Hall–Kier alpha value is -2.34. The zero-order valence-corrected chi connectivity index (χ0v) is 12.7. The maximum atomic E-state index is 11.7. The quantitative estimate of drug-likeness (QED) is 0.846. The lowest BCUT2D eigenvalue weighted by atomic mass is 9.92. The monoisotopic (exact) mass is 301 g/mol. The summed E-state index contributed by atoms with van der Waals surface area (Å²) in [4.78, 5) is 28.0. The summed E-state index contributed by atoms with van der Waals surface area (Å²) >= 11 is 0. The number of anilines is 1. The Bertz CT molecular complexity index is 775. The van der Waals surface area contributed by atoms with Crippen LogP contribution in [0.5, 0.6) is 0 Å². The average Bonchev–Trinajstić information content (AvgIpc) is 2.88. The molecule has 0 spiro atoms. The number of aromatic nitrogens is 2. The van der Waals surface area contributed by atoms with Gasteiger partial charge in [-0.3, -0.25) is 14.3 Å². The van der Waals surface area contributed by atoms with E-state index in [2.05, 4.69) is 4.98 Å². The van der Waals surface area contributed by atoms with Crippen molar-refractivity contribution in [2.24, 2.45) is 7.05 Å². The van der Waals surface area contributed by atoms with E-state index in [-0.39, 0.29) is 5.56 Å². The second kappa shape index (κ2) is 5.14. The molecule has 1 unspecified atom stereocenters. The summed E-state index contributed by atoms with van der Waals surface area (Å²) in [6, 6.07) is 9.17. The minimum Gasteiger partial charge on any atom is -0.383 e. The summed E-state index contributed by atoms with van der Waals surface area (Å²) in [5.74, 6) is 0.455. The molecule has 1 aliphatic heterocycles. The van der Waals surface area contributed by atoms with E-state index in [0.29, 0.717) is 25.3 Å². The van der Waals surface area contributed by atoms with E-state index in [9.17, 15) is 14.7 Å². The first-order valence-electron chi connectivity index (χ1n) is 7.24. The van der Waals surface area contributed by atoms with E-state index in [0.717, 1.165) is 15.7 Å². The third-order valence-corrected chi connectivity index (χ3v) is 4.31. The van der Waals surface area contributed by atoms with E-state index in [1.54, 1.807) is 0 Å². The van der Waals surface area contributed by atoms with Crippen LogP contribution < -0.4 is 16.1 Å². The van der Waals surface area contributed by atoms with E-state index >= 15 is 0 Å². The first kappa shape index (κ1) is 14.6. The molecule has 3 rings (SSSR count). The predicted molar refractivity (Wildman–Crippen MR) is 84.2 cm³/mol. The van der Waals surface area contributed by atoms with Crippen LogP contribution in [0.1, 0.15) is 17.5 Å². The number of aromatic amines is 1. The fraction of sp³-hybridized carbons (Fsp3) is 0.375. The highest BCUT2D eigenvalue weighted by Crippen LogP contribution is 2.33. The molecule has 2 aromatic rings. The van der Waals surface area contributed by atoms with Crippen molar-refractivity contribution in [2.45, 2.75) is 18.9 Å². The molecular formula is C16H19N3O3. The Morgan fingerprint density at radius 3 is 2.55 bits per heavy atom. The maximum Gasteiger partial charge on any atom is 0.329 e. The van der Waals surface area contributed by atoms with Crippen LogP contribution in [0.25, 0.3) is 0 Å². The summed E-state index contributed by atoms with van der Waals surface area (Å²) in [5, 5.41) is 10.9. The van der Waals surface area contributed by atoms with E-state index in [1.165, 1.54) is 13.1 Å². The molecule has 1 fully saturated rings. The topological polar surface area (TPSA) is 78.3 Å². The Balaban J connectivity index is 1.90. The van der Waals surface area contributed by atoms with Crippen molar-refractivity contribution in [3.8, 4) is 0 Å². The zero-order chi connectivity index (χ0) is 15.9. The van der Waals surface area contributed by atoms with Gasteiger partial charge in [0.15, 0.2) is 0 Å². The summed E-state index contributed by atoms with van der Waals surface area (Å²) in [7, 11) is 1.43. The summed E-state index contributed by atoms with van der Waals surface area (Å²) < 4.78 is 1.02. The molecule has 0 aliphatic carbocycles. The van der Waals surface area contributed by atoms with Crippen molar-refractivity contribution >= 4 is 5.82 Å². The van der Waals surface area contributed by atoms with Gasteiger partial charge in [0.05, 0.1) is 6.54 Å². The number of benzene rings is 1. The number of H-pyrrole nitrogens is 1. The Kier molecular flexibility index (Phi) is 3.41. The number of hydrogen-bond acceptors (Lipinski definition) is 4. The van der Waals surface area contributed by atoms with Crippen molar-refractivity contribution in [2.75, 3.05) is 18.0 Å². The van der Waals surface area contributed by atoms with E-state index < -0.39 is 11.3 Å². The van der Waals surface area contributed by atoms with Gasteiger partial charge in [-0.1, -0.05) is 29.8 Å². The summed E-state index contributed by atoms with van der Waals surface area (Å²) in [6.07, 6.45) is 0.549. The largest absolute Gasteiger partial charge is 0.383 e. The van der Waals surface area contributed by atoms with Crippen LogP contribution >= 0.6 is 0 Å². The summed E-state index contributed by atoms with van der Waals surface area (Å²) in [6.45, 7) is 2.92. The van der Waals surface area contributed by atoms with Crippen molar-refractivity contribution < 1.29 is 5.11 Å². The molecule has 6 nitrogen and oxygen atoms in total. The van der Waals surface area contributed by atoms with Crippen LogP contribution in [0.15, 0.2) is 39.9 Å². The highest BCUT2D eigenvalue weighted by atomic mass is 16.3. The van der Waals surface area contributed by atoms with Gasteiger partial charge in [0.25, 0.3) is 5.56 Å². The zero-order valence-electron chi connectivity index (χ0n) is 12.7. The number of hydrogen-bond donors (Lipinski definition) is 2. The molecule has 1 saturated heterocycles.